The summed E-state index contributed by atoms with van der Waals surface area (Å²) in [5.41, 5.74) is 0. The summed E-state index contributed by atoms with van der Waals surface area (Å²) >= 11 is 0. The lowest BCUT2D eigenvalue weighted by molar-refractivity contribution is -0.160. The van der Waals surface area contributed by atoms with Crippen molar-refractivity contribution < 1.29 is 33.0 Å². The van der Waals surface area contributed by atoms with Crippen LogP contribution in [0.3, 0.4) is 0 Å². The van der Waals surface area contributed by atoms with Crippen LogP contribution in [0.2, 0.25) is 0 Å². The molecule has 8 heteroatoms. The molecule has 0 unspecified atom stereocenters. The largest absolute Gasteiger partial charge is 0.479 e. The molecule has 0 aliphatic carbocycles. The number of halogens is 1. The molecule has 0 aromatic heterocycles. The summed E-state index contributed by atoms with van der Waals surface area (Å²) in [6, 6.07) is 5.07. The first kappa shape index (κ1) is 17.4. The Labute approximate surface area is 126 Å². The third-order valence-electron chi connectivity index (χ3n) is 2.53. The van der Waals surface area contributed by atoms with Crippen molar-refractivity contribution >= 4 is 18.0 Å². The second kappa shape index (κ2) is 7.96. The molecule has 0 heterocycles. The SMILES string of the molecule is COC(=O)NC(=O)[C@@H](C)OC(=O)[C@H](C)Oc1ccc(F)cc1. The van der Waals surface area contributed by atoms with Gasteiger partial charge in [0.1, 0.15) is 11.6 Å². The summed E-state index contributed by atoms with van der Waals surface area (Å²) in [5.74, 6) is -1.79. The lowest BCUT2D eigenvalue weighted by Gasteiger charge is -2.17. The van der Waals surface area contributed by atoms with Gasteiger partial charge in [0.25, 0.3) is 5.91 Å². The quantitative estimate of drug-likeness (QED) is 0.826. The van der Waals surface area contributed by atoms with Gasteiger partial charge in [-0.25, -0.2) is 14.0 Å². The molecular formula is C14H16FNO6. The van der Waals surface area contributed by atoms with Crippen molar-refractivity contribution in [3.63, 3.8) is 0 Å². The molecule has 7 nitrogen and oxygen atoms in total. The number of nitrogens with one attached hydrogen (secondary N) is 1. The van der Waals surface area contributed by atoms with Crippen LogP contribution in [0.25, 0.3) is 0 Å². The lowest BCUT2D eigenvalue weighted by atomic mass is 10.3. The van der Waals surface area contributed by atoms with Crippen LogP contribution in [0.15, 0.2) is 24.3 Å². The zero-order valence-electron chi connectivity index (χ0n) is 12.3. The molecule has 1 aromatic carbocycles. The number of methoxy groups -OCH3 is 1. The Balaban J connectivity index is 2.51. The molecule has 0 bridgehead atoms. The molecule has 0 fully saturated rings. The van der Waals surface area contributed by atoms with Gasteiger partial charge in [-0.1, -0.05) is 0 Å². The molecule has 0 saturated heterocycles. The van der Waals surface area contributed by atoms with Crippen molar-refractivity contribution in [3.8, 4) is 5.75 Å². The Hall–Kier alpha value is -2.64. The van der Waals surface area contributed by atoms with Gasteiger partial charge in [-0.3, -0.25) is 10.1 Å². The van der Waals surface area contributed by atoms with E-state index in [0.29, 0.717) is 0 Å². The van der Waals surface area contributed by atoms with E-state index in [1.54, 1.807) is 0 Å². The van der Waals surface area contributed by atoms with E-state index in [1.165, 1.54) is 38.1 Å². The zero-order chi connectivity index (χ0) is 16.7. The van der Waals surface area contributed by atoms with Crippen LogP contribution in [-0.2, 0) is 19.1 Å². The number of imide groups is 1. The van der Waals surface area contributed by atoms with E-state index in [4.69, 9.17) is 9.47 Å². The first-order valence-corrected chi connectivity index (χ1v) is 6.35. The number of hydrogen-bond acceptors (Lipinski definition) is 6. The molecule has 0 saturated carbocycles. The fourth-order valence-corrected chi connectivity index (χ4v) is 1.34. The minimum atomic E-state index is -1.20. The molecule has 0 spiro atoms. The number of ether oxygens (including phenoxy) is 3. The van der Waals surface area contributed by atoms with Gasteiger partial charge >= 0.3 is 12.1 Å². The molecule has 120 valence electrons. The number of carbonyl (C=O) groups is 3. The summed E-state index contributed by atoms with van der Waals surface area (Å²) in [7, 11) is 1.10. The van der Waals surface area contributed by atoms with Crippen molar-refractivity contribution in [3.05, 3.63) is 30.1 Å². The summed E-state index contributed by atoms with van der Waals surface area (Å²) in [6.45, 7) is 2.71. The second-order valence-electron chi connectivity index (χ2n) is 4.27. The fraction of sp³-hybridized carbons (Fsp3) is 0.357. The fourth-order valence-electron chi connectivity index (χ4n) is 1.34. The summed E-state index contributed by atoms with van der Waals surface area (Å²) in [5, 5.41) is 1.87. The van der Waals surface area contributed by atoms with Crippen LogP contribution in [0.1, 0.15) is 13.8 Å². The maximum Gasteiger partial charge on any atom is 0.413 e. The lowest BCUT2D eigenvalue weighted by Crippen LogP contribution is -2.41. The van der Waals surface area contributed by atoms with E-state index < -0.39 is 36.0 Å². The molecule has 0 aliphatic heterocycles. The number of hydrogen-bond donors (Lipinski definition) is 1. The highest BCUT2D eigenvalue weighted by Gasteiger charge is 2.24. The van der Waals surface area contributed by atoms with Crippen LogP contribution in [-0.4, -0.2) is 37.3 Å². The van der Waals surface area contributed by atoms with Gasteiger partial charge in [0.2, 0.25) is 0 Å². The molecule has 2 atom stereocenters. The Morgan fingerprint density at radius 1 is 1.09 bits per heavy atom. The number of rotatable bonds is 5. The summed E-state index contributed by atoms with van der Waals surface area (Å²) in [4.78, 5) is 34.1. The molecule has 1 aromatic rings. The first-order valence-electron chi connectivity index (χ1n) is 6.35. The highest BCUT2D eigenvalue weighted by molar-refractivity contribution is 5.95. The van der Waals surface area contributed by atoms with E-state index >= 15 is 0 Å². The summed E-state index contributed by atoms with van der Waals surface area (Å²) in [6.07, 6.45) is -3.17. The van der Waals surface area contributed by atoms with Gasteiger partial charge < -0.3 is 14.2 Å². The number of amides is 2. The number of carbonyl (C=O) groups excluding carboxylic acids is 3. The zero-order valence-corrected chi connectivity index (χ0v) is 12.3. The predicted octanol–water partition coefficient (Wildman–Crippen LogP) is 1.41. The molecule has 0 radical (unpaired) electrons. The van der Waals surface area contributed by atoms with Gasteiger partial charge in [0.05, 0.1) is 7.11 Å². The van der Waals surface area contributed by atoms with Crippen molar-refractivity contribution in [2.75, 3.05) is 7.11 Å². The van der Waals surface area contributed by atoms with Crippen LogP contribution in [0.5, 0.6) is 5.75 Å². The summed E-state index contributed by atoms with van der Waals surface area (Å²) < 4.78 is 27.1. The number of alkyl carbamates (subject to hydrolysis) is 1. The maximum absolute atomic E-state index is 12.7. The Morgan fingerprint density at radius 3 is 2.23 bits per heavy atom. The molecule has 1 rings (SSSR count). The molecule has 1 N–H and O–H groups in total. The minimum absolute atomic E-state index is 0.275. The van der Waals surface area contributed by atoms with Gasteiger partial charge in [0, 0.05) is 0 Å². The van der Waals surface area contributed by atoms with E-state index in [1.807, 2.05) is 5.32 Å². The molecular weight excluding hydrogens is 297 g/mol. The van der Waals surface area contributed by atoms with E-state index in [0.717, 1.165) is 7.11 Å². The monoisotopic (exact) mass is 313 g/mol. The highest BCUT2D eigenvalue weighted by Crippen LogP contribution is 2.13. The average Bonchev–Trinajstić information content (AvgIpc) is 2.49. The van der Waals surface area contributed by atoms with Crippen molar-refractivity contribution in [1.29, 1.82) is 0 Å². The van der Waals surface area contributed by atoms with Crippen molar-refractivity contribution in [2.24, 2.45) is 0 Å². The van der Waals surface area contributed by atoms with E-state index in [9.17, 15) is 18.8 Å². The topological polar surface area (TPSA) is 90.9 Å². The second-order valence-corrected chi connectivity index (χ2v) is 4.27. The van der Waals surface area contributed by atoms with Gasteiger partial charge in [0.15, 0.2) is 12.2 Å². The predicted molar refractivity (Wildman–Crippen MR) is 72.6 cm³/mol. The highest BCUT2D eigenvalue weighted by atomic mass is 19.1. The Kier molecular flexibility index (Phi) is 6.30. The van der Waals surface area contributed by atoms with E-state index in [-0.39, 0.29) is 5.75 Å². The van der Waals surface area contributed by atoms with Crippen LogP contribution < -0.4 is 10.1 Å². The smallest absolute Gasteiger partial charge is 0.413 e. The standard InChI is InChI=1S/C14H16FNO6/c1-8(12(17)16-14(19)20-3)22-13(18)9(2)21-11-6-4-10(15)5-7-11/h4-9H,1-3H3,(H,16,17,19)/t8-,9+/m1/s1. The third-order valence-corrected chi connectivity index (χ3v) is 2.53. The maximum atomic E-state index is 12.7. The van der Waals surface area contributed by atoms with Crippen molar-refractivity contribution in [2.45, 2.75) is 26.1 Å². The number of esters is 1. The van der Waals surface area contributed by atoms with Crippen molar-refractivity contribution in [1.82, 2.24) is 5.32 Å². The third kappa shape index (κ3) is 5.39. The van der Waals surface area contributed by atoms with Gasteiger partial charge in [-0.2, -0.15) is 0 Å². The molecule has 0 aliphatic rings. The van der Waals surface area contributed by atoms with E-state index in [2.05, 4.69) is 4.74 Å². The van der Waals surface area contributed by atoms with Crippen LogP contribution in [0.4, 0.5) is 9.18 Å². The first-order chi connectivity index (χ1) is 10.3. The van der Waals surface area contributed by atoms with Gasteiger partial charge in [-0.15, -0.1) is 0 Å². The Morgan fingerprint density at radius 2 is 1.68 bits per heavy atom. The average molecular weight is 313 g/mol. The molecule has 22 heavy (non-hydrogen) atoms. The molecule has 2 amide bonds. The van der Waals surface area contributed by atoms with Crippen LogP contribution in [0, 0.1) is 5.82 Å². The Bertz CT molecular complexity index is 545. The van der Waals surface area contributed by atoms with Crippen LogP contribution >= 0.6 is 0 Å². The number of benzene rings is 1. The van der Waals surface area contributed by atoms with Gasteiger partial charge in [-0.05, 0) is 38.1 Å². The normalized spacial score (nSPS) is 12.7. The minimum Gasteiger partial charge on any atom is -0.479 e.